The summed E-state index contributed by atoms with van der Waals surface area (Å²) >= 11 is 0. The highest BCUT2D eigenvalue weighted by Crippen LogP contribution is 2.29. The molecule has 0 saturated carbocycles. The van der Waals surface area contributed by atoms with Crippen molar-refractivity contribution in [3.63, 3.8) is 0 Å². The Kier molecular flexibility index (Phi) is 6.72. The molecule has 1 aliphatic rings. The Hall–Kier alpha value is -3.35. The predicted octanol–water partition coefficient (Wildman–Crippen LogP) is 2.30. The van der Waals surface area contributed by atoms with E-state index in [1.165, 1.54) is 12.1 Å². The molecule has 1 aliphatic heterocycles. The number of anilines is 1. The summed E-state index contributed by atoms with van der Waals surface area (Å²) in [5.41, 5.74) is 3.41. The molecule has 0 bridgehead atoms. The number of phenols is 1. The summed E-state index contributed by atoms with van der Waals surface area (Å²) in [6.45, 7) is 5.17. The van der Waals surface area contributed by atoms with Gasteiger partial charge < -0.3 is 20.6 Å². The molecule has 1 atom stereocenters. The van der Waals surface area contributed by atoms with Gasteiger partial charge in [-0.05, 0) is 55.7 Å². The van der Waals surface area contributed by atoms with E-state index in [0.29, 0.717) is 31.6 Å². The first-order chi connectivity index (χ1) is 14.4. The number of carbonyl (C=O) groups excluding carboxylic acids is 3. The normalized spacial score (nSPS) is 15.9. The summed E-state index contributed by atoms with van der Waals surface area (Å²) in [6, 6.07) is 12.0. The second-order valence-corrected chi connectivity index (χ2v) is 7.58. The molecule has 0 aliphatic carbocycles. The molecule has 0 aromatic heterocycles. The molecular formula is C23H27N3O4. The first-order valence-electron chi connectivity index (χ1n) is 10.1. The minimum Gasteiger partial charge on any atom is -0.508 e. The van der Waals surface area contributed by atoms with Gasteiger partial charge in [-0.25, -0.2) is 0 Å². The van der Waals surface area contributed by atoms with Gasteiger partial charge in [0.05, 0.1) is 5.92 Å². The average Bonchev–Trinajstić information content (AvgIpc) is 3.11. The van der Waals surface area contributed by atoms with Crippen LogP contribution in [0.3, 0.4) is 0 Å². The molecule has 7 nitrogen and oxygen atoms in total. The maximum atomic E-state index is 12.5. The van der Waals surface area contributed by atoms with Gasteiger partial charge in [0.25, 0.3) is 5.91 Å². The number of nitrogens with one attached hydrogen (secondary N) is 2. The van der Waals surface area contributed by atoms with Crippen molar-refractivity contribution in [2.45, 2.75) is 26.7 Å². The molecule has 1 fully saturated rings. The number of aryl methyl sites for hydroxylation is 1. The minimum atomic E-state index is -0.376. The summed E-state index contributed by atoms with van der Waals surface area (Å²) < 4.78 is 0. The van der Waals surface area contributed by atoms with Crippen LogP contribution < -0.4 is 15.5 Å². The molecule has 0 spiro atoms. The summed E-state index contributed by atoms with van der Waals surface area (Å²) in [7, 11) is 0. The standard InChI is InChI=1S/C23H27N3O4/c1-15-6-3-9-20(16(15)2)26-14-18(13-21(26)28)23(30)25-11-5-10-24-22(29)17-7-4-8-19(27)12-17/h3-4,6-9,12,18,27H,5,10-11,13-14H2,1-2H3,(H,24,29)(H,25,30). The van der Waals surface area contributed by atoms with E-state index in [-0.39, 0.29) is 35.8 Å². The Bertz CT molecular complexity index is 957. The van der Waals surface area contributed by atoms with E-state index in [0.717, 1.165) is 16.8 Å². The molecular weight excluding hydrogens is 382 g/mol. The van der Waals surface area contributed by atoms with E-state index >= 15 is 0 Å². The van der Waals surface area contributed by atoms with E-state index in [2.05, 4.69) is 10.6 Å². The van der Waals surface area contributed by atoms with Gasteiger partial charge in [-0.1, -0.05) is 18.2 Å². The number of aromatic hydroxyl groups is 1. The highest BCUT2D eigenvalue weighted by Gasteiger charge is 2.35. The second kappa shape index (κ2) is 9.43. The van der Waals surface area contributed by atoms with Gasteiger partial charge in [0.15, 0.2) is 0 Å². The van der Waals surface area contributed by atoms with E-state index in [1.54, 1.807) is 17.0 Å². The van der Waals surface area contributed by atoms with E-state index < -0.39 is 0 Å². The molecule has 2 aromatic rings. The number of hydrogen-bond donors (Lipinski definition) is 3. The molecule has 3 rings (SSSR count). The van der Waals surface area contributed by atoms with Crippen molar-refractivity contribution in [2.75, 3.05) is 24.5 Å². The summed E-state index contributed by atoms with van der Waals surface area (Å²) in [6.07, 6.45) is 0.769. The third kappa shape index (κ3) is 4.97. The quantitative estimate of drug-likeness (QED) is 0.611. The van der Waals surface area contributed by atoms with Crippen molar-refractivity contribution in [1.29, 1.82) is 0 Å². The van der Waals surface area contributed by atoms with Crippen molar-refractivity contribution >= 4 is 23.4 Å². The van der Waals surface area contributed by atoms with Gasteiger partial charge in [0.2, 0.25) is 11.8 Å². The SMILES string of the molecule is Cc1cccc(N2CC(C(=O)NCCCNC(=O)c3cccc(O)c3)CC2=O)c1C. The predicted molar refractivity (Wildman–Crippen MR) is 114 cm³/mol. The fourth-order valence-electron chi connectivity index (χ4n) is 3.54. The Balaban J connectivity index is 1.43. The molecule has 1 heterocycles. The van der Waals surface area contributed by atoms with Crippen LogP contribution in [0.5, 0.6) is 5.75 Å². The van der Waals surface area contributed by atoms with Gasteiger partial charge in [0, 0.05) is 37.3 Å². The van der Waals surface area contributed by atoms with Crippen molar-refractivity contribution < 1.29 is 19.5 Å². The molecule has 1 saturated heterocycles. The summed E-state index contributed by atoms with van der Waals surface area (Å²) in [5.74, 6) is -0.796. The lowest BCUT2D eigenvalue weighted by Crippen LogP contribution is -2.35. The van der Waals surface area contributed by atoms with Crippen LogP contribution >= 0.6 is 0 Å². The van der Waals surface area contributed by atoms with Gasteiger partial charge in [-0.2, -0.15) is 0 Å². The smallest absolute Gasteiger partial charge is 0.251 e. The fourth-order valence-corrected chi connectivity index (χ4v) is 3.54. The first kappa shape index (κ1) is 21.4. The molecule has 3 amide bonds. The number of benzene rings is 2. The molecule has 0 radical (unpaired) electrons. The number of rotatable bonds is 7. The zero-order valence-electron chi connectivity index (χ0n) is 17.3. The van der Waals surface area contributed by atoms with Gasteiger partial charge in [0.1, 0.15) is 5.75 Å². The van der Waals surface area contributed by atoms with E-state index in [9.17, 15) is 19.5 Å². The molecule has 1 unspecified atom stereocenters. The number of hydrogen-bond acceptors (Lipinski definition) is 4. The Labute approximate surface area is 176 Å². The zero-order chi connectivity index (χ0) is 21.7. The lowest BCUT2D eigenvalue weighted by Gasteiger charge is -2.20. The zero-order valence-corrected chi connectivity index (χ0v) is 17.3. The van der Waals surface area contributed by atoms with Gasteiger partial charge in [-0.15, -0.1) is 0 Å². The lowest BCUT2D eigenvalue weighted by molar-refractivity contribution is -0.126. The molecule has 3 N–H and O–H groups in total. The average molecular weight is 409 g/mol. The van der Waals surface area contributed by atoms with Gasteiger partial charge >= 0.3 is 0 Å². The Morgan fingerprint density at radius 2 is 1.83 bits per heavy atom. The third-order valence-corrected chi connectivity index (χ3v) is 5.41. The Morgan fingerprint density at radius 3 is 2.60 bits per heavy atom. The van der Waals surface area contributed by atoms with Crippen LogP contribution in [-0.2, 0) is 9.59 Å². The van der Waals surface area contributed by atoms with Gasteiger partial charge in [-0.3, -0.25) is 14.4 Å². The van der Waals surface area contributed by atoms with E-state index in [4.69, 9.17) is 0 Å². The summed E-state index contributed by atoms with van der Waals surface area (Å²) in [4.78, 5) is 38.6. The van der Waals surface area contributed by atoms with Crippen LogP contribution in [0.1, 0.15) is 34.3 Å². The third-order valence-electron chi connectivity index (χ3n) is 5.41. The second-order valence-electron chi connectivity index (χ2n) is 7.58. The number of carbonyl (C=O) groups is 3. The van der Waals surface area contributed by atoms with Crippen molar-refractivity contribution in [1.82, 2.24) is 10.6 Å². The number of nitrogens with zero attached hydrogens (tertiary/aromatic N) is 1. The molecule has 7 heteroatoms. The number of amides is 3. The lowest BCUT2D eigenvalue weighted by atomic mass is 10.1. The largest absolute Gasteiger partial charge is 0.508 e. The van der Waals surface area contributed by atoms with Crippen molar-refractivity contribution in [2.24, 2.45) is 5.92 Å². The Morgan fingerprint density at radius 1 is 1.10 bits per heavy atom. The maximum absolute atomic E-state index is 12.5. The van der Waals surface area contributed by atoms with E-state index in [1.807, 2.05) is 32.0 Å². The first-order valence-corrected chi connectivity index (χ1v) is 10.1. The maximum Gasteiger partial charge on any atom is 0.251 e. The molecule has 158 valence electrons. The molecule has 30 heavy (non-hydrogen) atoms. The van der Waals surface area contributed by atoms with Crippen LogP contribution in [0.4, 0.5) is 5.69 Å². The van der Waals surface area contributed by atoms with Crippen LogP contribution in [0.2, 0.25) is 0 Å². The van der Waals surface area contributed by atoms with Crippen molar-refractivity contribution in [3.05, 3.63) is 59.2 Å². The number of phenolic OH excluding ortho intramolecular Hbond substituents is 1. The minimum absolute atomic E-state index is 0.0379. The fraction of sp³-hybridized carbons (Fsp3) is 0.348. The van der Waals surface area contributed by atoms with Crippen LogP contribution in [0.15, 0.2) is 42.5 Å². The van der Waals surface area contributed by atoms with Crippen LogP contribution in [0, 0.1) is 19.8 Å². The monoisotopic (exact) mass is 409 g/mol. The summed E-state index contributed by atoms with van der Waals surface area (Å²) in [5, 5.41) is 15.0. The van der Waals surface area contributed by atoms with Crippen LogP contribution in [-0.4, -0.2) is 42.5 Å². The van der Waals surface area contributed by atoms with Crippen molar-refractivity contribution in [3.8, 4) is 5.75 Å². The van der Waals surface area contributed by atoms with Crippen LogP contribution in [0.25, 0.3) is 0 Å². The topological polar surface area (TPSA) is 98.7 Å². The highest BCUT2D eigenvalue weighted by atomic mass is 16.3. The highest BCUT2D eigenvalue weighted by molar-refractivity contribution is 6.01. The molecule has 2 aromatic carbocycles.